The van der Waals surface area contributed by atoms with Gasteiger partial charge < -0.3 is 5.73 Å². The van der Waals surface area contributed by atoms with Gasteiger partial charge in [0, 0.05) is 10.0 Å². The smallest absolute Gasteiger partial charge is 0.0495 e. The van der Waals surface area contributed by atoms with Crippen molar-refractivity contribution in [2.45, 2.75) is 13.3 Å². The molecule has 0 unspecified atom stereocenters. The van der Waals surface area contributed by atoms with Gasteiger partial charge in [0.15, 0.2) is 0 Å². The molecule has 0 saturated heterocycles. The van der Waals surface area contributed by atoms with Crippen molar-refractivity contribution in [3.05, 3.63) is 39.9 Å². The van der Waals surface area contributed by atoms with Crippen molar-refractivity contribution in [1.29, 1.82) is 0 Å². The van der Waals surface area contributed by atoms with Crippen molar-refractivity contribution in [3.8, 4) is 0 Å². The summed E-state index contributed by atoms with van der Waals surface area (Å²) in [6.07, 6.45) is 2.94. The largest absolute Gasteiger partial charge is 0.330 e. The molecule has 1 rings (SSSR count). The van der Waals surface area contributed by atoms with E-state index < -0.39 is 0 Å². The van der Waals surface area contributed by atoms with Crippen molar-refractivity contribution in [2.24, 2.45) is 5.73 Å². The fourth-order valence-corrected chi connectivity index (χ4v) is 1.78. The molecule has 0 bridgehead atoms. The Morgan fingerprint density at radius 3 is 2.71 bits per heavy atom. The molecule has 0 heterocycles. The Bertz CT molecular complexity index is 345. The molecule has 1 aromatic carbocycles. The Kier molecular flexibility index (Phi) is 4.46. The fraction of sp³-hybridized carbons (Fsp3) is 0.273. The van der Waals surface area contributed by atoms with Crippen molar-refractivity contribution in [3.63, 3.8) is 0 Å². The topological polar surface area (TPSA) is 26.0 Å². The second-order valence-corrected chi connectivity index (χ2v) is 3.93. The average Bonchev–Trinajstić information content (AvgIpc) is 2.14. The van der Waals surface area contributed by atoms with E-state index in [1.165, 1.54) is 0 Å². The lowest BCUT2D eigenvalue weighted by atomic mass is 10.1. The lowest BCUT2D eigenvalue weighted by Crippen LogP contribution is -1.96. The lowest BCUT2D eigenvalue weighted by molar-refractivity contribution is 1.01. The van der Waals surface area contributed by atoms with E-state index in [9.17, 15) is 0 Å². The van der Waals surface area contributed by atoms with Gasteiger partial charge in [0.25, 0.3) is 0 Å². The van der Waals surface area contributed by atoms with Crippen LogP contribution in [0.1, 0.15) is 18.9 Å². The summed E-state index contributed by atoms with van der Waals surface area (Å²) >= 11 is 11.8. The second-order valence-electron chi connectivity index (χ2n) is 3.09. The molecule has 3 heteroatoms. The molecule has 0 spiro atoms. The number of hydrogen-bond acceptors (Lipinski definition) is 1. The molecule has 14 heavy (non-hydrogen) atoms. The molecule has 2 N–H and O–H groups in total. The molecule has 76 valence electrons. The van der Waals surface area contributed by atoms with Gasteiger partial charge in [0.2, 0.25) is 0 Å². The Morgan fingerprint density at radius 2 is 2.14 bits per heavy atom. The first-order valence-corrected chi connectivity index (χ1v) is 5.23. The molecule has 0 radical (unpaired) electrons. The highest BCUT2D eigenvalue weighted by Gasteiger charge is 2.02. The first-order chi connectivity index (χ1) is 6.65. The van der Waals surface area contributed by atoms with E-state index in [-0.39, 0.29) is 0 Å². The minimum atomic E-state index is 0.655. The van der Waals surface area contributed by atoms with Crippen LogP contribution in [0.4, 0.5) is 0 Å². The van der Waals surface area contributed by atoms with Crippen LogP contribution in [0.15, 0.2) is 24.3 Å². The van der Waals surface area contributed by atoms with Crippen LogP contribution in [-0.2, 0) is 0 Å². The summed E-state index contributed by atoms with van der Waals surface area (Å²) in [5.74, 6) is 0. The molecule has 0 fully saturated rings. The molecular formula is C11H13Cl2N. The first-order valence-electron chi connectivity index (χ1n) is 4.47. The van der Waals surface area contributed by atoms with Crippen LogP contribution in [0.5, 0.6) is 0 Å². The number of benzene rings is 1. The zero-order valence-electron chi connectivity index (χ0n) is 8.06. The van der Waals surface area contributed by atoms with Crippen molar-refractivity contribution in [1.82, 2.24) is 0 Å². The minimum absolute atomic E-state index is 0.655. The van der Waals surface area contributed by atoms with Crippen LogP contribution >= 0.6 is 23.2 Å². The summed E-state index contributed by atoms with van der Waals surface area (Å²) in [4.78, 5) is 0. The van der Waals surface area contributed by atoms with Crippen LogP contribution in [0, 0.1) is 0 Å². The van der Waals surface area contributed by atoms with Gasteiger partial charge in [-0.15, -0.1) is 0 Å². The number of allylic oxidation sites excluding steroid dienone is 1. The third-order valence-electron chi connectivity index (χ3n) is 1.97. The summed E-state index contributed by atoms with van der Waals surface area (Å²) in [5, 5.41) is 1.34. The fourth-order valence-electron chi connectivity index (χ4n) is 1.22. The van der Waals surface area contributed by atoms with Gasteiger partial charge in [0.05, 0.1) is 0 Å². The maximum absolute atomic E-state index is 6.05. The Hall–Kier alpha value is -0.500. The van der Waals surface area contributed by atoms with Gasteiger partial charge >= 0.3 is 0 Å². The number of nitrogens with two attached hydrogens (primary N) is 1. The molecule has 0 atom stereocenters. The lowest BCUT2D eigenvalue weighted by Gasteiger charge is -2.04. The van der Waals surface area contributed by atoms with E-state index in [1.54, 1.807) is 6.07 Å². The van der Waals surface area contributed by atoms with E-state index >= 15 is 0 Å². The highest BCUT2D eigenvalue weighted by molar-refractivity contribution is 6.35. The van der Waals surface area contributed by atoms with Gasteiger partial charge in [-0.2, -0.15) is 0 Å². The standard InChI is InChI=1S/C11H13Cl2N/c1-8(3-2-6-14)10-5-4-9(12)7-11(10)13/h3-5,7H,2,6,14H2,1H3. The summed E-state index contributed by atoms with van der Waals surface area (Å²) in [5.41, 5.74) is 7.57. The summed E-state index contributed by atoms with van der Waals surface area (Å²) in [6.45, 7) is 2.67. The molecular weight excluding hydrogens is 217 g/mol. The van der Waals surface area contributed by atoms with Crippen LogP contribution < -0.4 is 5.73 Å². The molecule has 0 aliphatic rings. The van der Waals surface area contributed by atoms with Crippen LogP contribution in [0.25, 0.3) is 5.57 Å². The third-order valence-corrected chi connectivity index (χ3v) is 2.52. The van der Waals surface area contributed by atoms with E-state index in [2.05, 4.69) is 6.08 Å². The predicted octanol–water partition coefficient (Wildman–Crippen LogP) is 3.75. The van der Waals surface area contributed by atoms with E-state index in [1.807, 2.05) is 19.1 Å². The van der Waals surface area contributed by atoms with Crippen LogP contribution in [-0.4, -0.2) is 6.54 Å². The van der Waals surface area contributed by atoms with Gasteiger partial charge in [-0.25, -0.2) is 0 Å². The summed E-state index contributed by atoms with van der Waals surface area (Å²) < 4.78 is 0. The predicted molar refractivity (Wildman–Crippen MR) is 63.8 cm³/mol. The zero-order valence-corrected chi connectivity index (χ0v) is 9.57. The van der Waals surface area contributed by atoms with E-state index in [4.69, 9.17) is 28.9 Å². The Labute approximate surface area is 94.5 Å². The highest BCUT2D eigenvalue weighted by Crippen LogP contribution is 2.26. The van der Waals surface area contributed by atoms with Crippen LogP contribution in [0.2, 0.25) is 10.0 Å². The maximum atomic E-state index is 6.05. The third kappa shape index (κ3) is 3.02. The Morgan fingerprint density at radius 1 is 1.43 bits per heavy atom. The van der Waals surface area contributed by atoms with Gasteiger partial charge in [-0.3, -0.25) is 0 Å². The molecule has 0 aliphatic carbocycles. The average molecular weight is 230 g/mol. The van der Waals surface area contributed by atoms with Crippen LogP contribution in [0.3, 0.4) is 0 Å². The molecule has 0 saturated carbocycles. The molecule has 1 nitrogen and oxygen atoms in total. The number of hydrogen-bond donors (Lipinski definition) is 1. The second kappa shape index (κ2) is 5.40. The zero-order chi connectivity index (χ0) is 10.6. The SMILES string of the molecule is CC(=CCCN)c1ccc(Cl)cc1Cl. The van der Waals surface area contributed by atoms with Gasteiger partial charge in [-0.1, -0.05) is 35.3 Å². The molecule has 0 aromatic heterocycles. The van der Waals surface area contributed by atoms with E-state index in [0.29, 0.717) is 16.6 Å². The van der Waals surface area contributed by atoms with Crippen molar-refractivity contribution >= 4 is 28.8 Å². The maximum Gasteiger partial charge on any atom is 0.0495 e. The first kappa shape index (κ1) is 11.6. The summed E-state index contributed by atoms with van der Waals surface area (Å²) in [7, 11) is 0. The highest BCUT2D eigenvalue weighted by atomic mass is 35.5. The molecule has 0 aliphatic heterocycles. The molecule has 0 amide bonds. The van der Waals surface area contributed by atoms with E-state index in [0.717, 1.165) is 17.6 Å². The Balaban J connectivity index is 2.95. The number of rotatable bonds is 3. The monoisotopic (exact) mass is 229 g/mol. The van der Waals surface area contributed by atoms with Gasteiger partial charge in [-0.05, 0) is 43.2 Å². The molecule has 1 aromatic rings. The van der Waals surface area contributed by atoms with Gasteiger partial charge in [0.1, 0.15) is 0 Å². The van der Waals surface area contributed by atoms with Crippen molar-refractivity contribution in [2.75, 3.05) is 6.54 Å². The minimum Gasteiger partial charge on any atom is -0.330 e. The quantitative estimate of drug-likeness (QED) is 0.840. The summed E-state index contributed by atoms with van der Waals surface area (Å²) in [6, 6.07) is 5.51. The normalized spacial score (nSPS) is 11.9. The van der Waals surface area contributed by atoms with Crippen molar-refractivity contribution < 1.29 is 0 Å². The number of halogens is 2.